The van der Waals surface area contributed by atoms with Gasteiger partial charge in [0.15, 0.2) is 0 Å². The summed E-state index contributed by atoms with van der Waals surface area (Å²) in [7, 11) is 4.95. The molecule has 0 aliphatic heterocycles. The number of hydrogen-bond acceptors (Lipinski definition) is 3. The van der Waals surface area contributed by atoms with Crippen molar-refractivity contribution >= 4 is 0 Å². The van der Waals surface area contributed by atoms with E-state index in [1.807, 2.05) is 0 Å². The number of rotatable bonds is 4. The van der Waals surface area contributed by atoms with Gasteiger partial charge < -0.3 is 14.2 Å². The van der Waals surface area contributed by atoms with E-state index < -0.39 is 5.97 Å². The van der Waals surface area contributed by atoms with Crippen molar-refractivity contribution in [3.05, 3.63) is 0 Å². The van der Waals surface area contributed by atoms with E-state index in [1.165, 1.54) is 25.7 Å². The number of hydrogen-bond donors (Lipinski definition) is 0. The molecule has 3 heteroatoms. The molecule has 1 saturated carbocycles. The average molecular weight is 202 g/mol. The lowest BCUT2D eigenvalue weighted by Gasteiger charge is -2.35. The first kappa shape index (κ1) is 12.0. The van der Waals surface area contributed by atoms with Crippen LogP contribution in [0.25, 0.3) is 0 Å². The summed E-state index contributed by atoms with van der Waals surface area (Å²) in [6.45, 7) is 0. The summed E-state index contributed by atoms with van der Waals surface area (Å²) in [6, 6.07) is 0. The standard InChI is InChI=1S/C11H22O3/c1-12-11(13-2,14-3)10-8-6-4-5-7-9-10/h10H,4-9H2,1-3H3. The fraction of sp³-hybridized carbons (Fsp3) is 1.00. The first-order valence-corrected chi connectivity index (χ1v) is 5.44. The lowest BCUT2D eigenvalue weighted by Crippen LogP contribution is -2.43. The van der Waals surface area contributed by atoms with E-state index in [1.54, 1.807) is 21.3 Å². The van der Waals surface area contributed by atoms with Crippen LogP contribution in [0.1, 0.15) is 38.5 Å². The molecule has 0 aromatic heterocycles. The first-order valence-electron chi connectivity index (χ1n) is 5.44. The maximum absolute atomic E-state index is 5.39. The monoisotopic (exact) mass is 202 g/mol. The van der Waals surface area contributed by atoms with Gasteiger partial charge in [0.05, 0.1) is 0 Å². The Bertz CT molecular complexity index is 138. The Morgan fingerprint density at radius 2 is 1.21 bits per heavy atom. The summed E-state index contributed by atoms with van der Waals surface area (Å²) >= 11 is 0. The second kappa shape index (κ2) is 5.69. The smallest absolute Gasteiger partial charge is 0.285 e. The maximum atomic E-state index is 5.39. The first-order chi connectivity index (χ1) is 6.79. The molecule has 14 heavy (non-hydrogen) atoms. The molecule has 0 heterocycles. The predicted molar refractivity (Wildman–Crippen MR) is 55.0 cm³/mol. The molecular formula is C11H22O3. The summed E-state index contributed by atoms with van der Waals surface area (Å²) in [5.74, 6) is -0.449. The van der Waals surface area contributed by atoms with Crippen LogP contribution >= 0.6 is 0 Å². The zero-order valence-corrected chi connectivity index (χ0v) is 9.54. The number of ether oxygens (including phenoxy) is 3. The molecule has 0 N–H and O–H groups in total. The van der Waals surface area contributed by atoms with Gasteiger partial charge in [0.2, 0.25) is 0 Å². The largest absolute Gasteiger partial charge is 0.331 e. The molecule has 3 nitrogen and oxygen atoms in total. The van der Waals surface area contributed by atoms with Gasteiger partial charge in [0.1, 0.15) is 0 Å². The highest BCUT2D eigenvalue weighted by molar-refractivity contribution is 4.73. The quantitative estimate of drug-likeness (QED) is 0.518. The van der Waals surface area contributed by atoms with Gasteiger partial charge in [-0.05, 0) is 12.8 Å². The van der Waals surface area contributed by atoms with Crippen molar-refractivity contribution in [3.63, 3.8) is 0 Å². The molecule has 1 rings (SSSR count). The van der Waals surface area contributed by atoms with Crippen LogP contribution in [0, 0.1) is 5.92 Å². The highest BCUT2D eigenvalue weighted by Gasteiger charge is 2.39. The van der Waals surface area contributed by atoms with Gasteiger partial charge in [-0.3, -0.25) is 0 Å². The van der Waals surface area contributed by atoms with Crippen molar-refractivity contribution in [1.29, 1.82) is 0 Å². The second-order valence-corrected chi connectivity index (χ2v) is 3.90. The third-order valence-electron chi connectivity index (χ3n) is 3.21. The molecule has 0 radical (unpaired) electrons. The Morgan fingerprint density at radius 1 is 0.786 bits per heavy atom. The summed E-state index contributed by atoms with van der Waals surface area (Å²) in [6.07, 6.45) is 7.42. The summed E-state index contributed by atoms with van der Waals surface area (Å²) < 4.78 is 16.2. The Hall–Kier alpha value is -0.120. The van der Waals surface area contributed by atoms with E-state index >= 15 is 0 Å². The SMILES string of the molecule is COC(OC)(OC)C1CCCCCC1. The lowest BCUT2D eigenvalue weighted by atomic mass is 9.97. The zero-order valence-electron chi connectivity index (χ0n) is 9.54. The molecule has 1 aliphatic rings. The fourth-order valence-electron chi connectivity index (χ4n) is 2.38. The summed E-state index contributed by atoms with van der Waals surface area (Å²) in [4.78, 5) is 0. The van der Waals surface area contributed by atoms with Crippen molar-refractivity contribution in [1.82, 2.24) is 0 Å². The normalized spacial score (nSPS) is 20.8. The van der Waals surface area contributed by atoms with Crippen molar-refractivity contribution in [2.75, 3.05) is 21.3 Å². The van der Waals surface area contributed by atoms with E-state index in [4.69, 9.17) is 14.2 Å². The molecule has 0 aromatic rings. The van der Waals surface area contributed by atoms with Crippen molar-refractivity contribution in [2.45, 2.75) is 44.5 Å². The molecule has 0 saturated heterocycles. The minimum atomic E-state index is -0.815. The van der Waals surface area contributed by atoms with Crippen LogP contribution in [0.4, 0.5) is 0 Å². The van der Waals surface area contributed by atoms with Gasteiger partial charge in [0.25, 0.3) is 5.97 Å². The highest BCUT2D eigenvalue weighted by Crippen LogP contribution is 2.34. The van der Waals surface area contributed by atoms with Crippen molar-refractivity contribution < 1.29 is 14.2 Å². The maximum Gasteiger partial charge on any atom is 0.285 e. The van der Waals surface area contributed by atoms with Crippen molar-refractivity contribution in [2.24, 2.45) is 5.92 Å². The van der Waals surface area contributed by atoms with E-state index in [9.17, 15) is 0 Å². The van der Waals surface area contributed by atoms with Gasteiger partial charge in [-0.15, -0.1) is 0 Å². The summed E-state index contributed by atoms with van der Waals surface area (Å²) in [5.41, 5.74) is 0. The molecule has 0 amide bonds. The van der Waals surface area contributed by atoms with Crippen LogP contribution in [-0.4, -0.2) is 27.3 Å². The molecule has 0 atom stereocenters. The molecule has 0 bridgehead atoms. The van der Waals surface area contributed by atoms with Crippen LogP contribution in [0.2, 0.25) is 0 Å². The molecule has 1 fully saturated rings. The van der Waals surface area contributed by atoms with E-state index in [0.717, 1.165) is 12.8 Å². The van der Waals surface area contributed by atoms with Gasteiger partial charge >= 0.3 is 0 Å². The van der Waals surface area contributed by atoms with Crippen LogP contribution in [0.3, 0.4) is 0 Å². The third kappa shape index (κ3) is 2.47. The topological polar surface area (TPSA) is 27.7 Å². The Labute approximate surface area is 86.7 Å². The van der Waals surface area contributed by atoms with E-state index in [0.29, 0.717) is 5.92 Å². The minimum Gasteiger partial charge on any atom is -0.331 e. The fourth-order valence-corrected chi connectivity index (χ4v) is 2.38. The molecule has 1 aliphatic carbocycles. The molecule has 0 aromatic carbocycles. The Morgan fingerprint density at radius 3 is 1.57 bits per heavy atom. The lowest BCUT2D eigenvalue weighted by molar-refractivity contribution is -0.380. The Kier molecular flexibility index (Phi) is 4.85. The van der Waals surface area contributed by atoms with Gasteiger partial charge in [-0.2, -0.15) is 0 Å². The Balaban J connectivity index is 2.64. The van der Waals surface area contributed by atoms with E-state index in [-0.39, 0.29) is 0 Å². The van der Waals surface area contributed by atoms with Crippen LogP contribution < -0.4 is 0 Å². The number of methoxy groups -OCH3 is 3. The zero-order chi connectivity index (χ0) is 10.4. The molecule has 0 spiro atoms. The predicted octanol–water partition coefficient (Wildman–Crippen LogP) is 2.55. The average Bonchev–Trinajstić information content (AvgIpc) is 2.51. The highest BCUT2D eigenvalue weighted by atomic mass is 16.9. The van der Waals surface area contributed by atoms with Gasteiger partial charge in [-0.1, -0.05) is 25.7 Å². The van der Waals surface area contributed by atoms with Gasteiger partial charge in [-0.25, -0.2) is 0 Å². The molecular weight excluding hydrogens is 180 g/mol. The van der Waals surface area contributed by atoms with Gasteiger partial charge in [0, 0.05) is 27.2 Å². The minimum absolute atomic E-state index is 0.366. The molecule has 0 unspecified atom stereocenters. The van der Waals surface area contributed by atoms with Crippen molar-refractivity contribution in [3.8, 4) is 0 Å². The van der Waals surface area contributed by atoms with Crippen LogP contribution in [0.5, 0.6) is 0 Å². The van der Waals surface area contributed by atoms with Crippen LogP contribution in [-0.2, 0) is 14.2 Å². The van der Waals surface area contributed by atoms with E-state index in [2.05, 4.69) is 0 Å². The summed E-state index contributed by atoms with van der Waals surface area (Å²) in [5, 5.41) is 0. The van der Waals surface area contributed by atoms with Crippen LogP contribution in [0.15, 0.2) is 0 Å². The second-order valence-electron chi connectivity index (χ2n) is 3.90. The molecule has 84 valence electrons. The third-order valence-corrected chi connectivity index (χ3v) is 3.21.